The van der Waals surface area contributed by atoms with Gasteiger partial charge in [0.15, 0.2) is 0 Å². The number of nitrogens with zero attached hydrogens (tertiary/aromatic N) is 1. The van der Waals surface area contributed by atoms with Crippen molar-refractivity contribution in [2.24, 2.45) is 0 Å². The summed E-state index contributed by atoms with van der Waals surface area (Å²) < 4.78 is 6.48. The van der Waals surface area contributed by atoms with Crippen LogP contribution in [-0.4, -0.2) is 48.6 Å². The number of likely N-dealkylation sites (tertiary alicyclic amines) is 1. The lowest BCUT2D eigenvalue weighted by Gasteiger charge is -2.47. The molecule has 1 aromatic carbocycles. The third kappa shape index (κ3) is 3.96. The molecule has 6 nitrogen and oxygen atoms in total. The van der Waals surface area contributed by atoms with Gasteiger partial charge in [0.05, 0.1) is 0 Å². The van der Waals surface area contributed by atoms with Gasteiger partial charge in [-0.05, 0) is 30.9 Å². The average Bonchev–Trinajstić information content (AvgIpc) is 3.21. The summed E-state index contributed by atoms with van der Waals surface area (Å²) in [4.78, 5) is 26.6. The van der Waals surface area contributed by atoms with Crippen LogP contribution in [0.2, 0.25) is 0 Å². The number of nitrogens with one attached hydrogen (secondary N) is 2. The van der Waals surface area contributed by atoms with Gasteiger partial charge in [0.2, 0.25) is 5.91 Å². The van der Waals surface area contributed by atoms with Gasteiger partial charge in [0, 0.05) is 51.4 Å². The summed E-state index contributed by atoms with van der Waals surface area (Å²) in [6.45, 7) is 1.40. The third-order valence-electron chi connectivity index (χ3n) is 6.66. The van der Waals surface area contributed by atoms with Gasteiger partial charge in [-0.1, -0.05) is 31.0 Å². The lowest BCUT2D eigenvalue weighted by Crippen LogP contribution is -2.54. The zero-order valence-electron chi connectivity index (χ0n) is 16.7. The quantitative estimate of drug-likeness (QED) is 0.840. The minimum absolute atomic E-state index is 0.0604. The Bertz CT molecular complexity index is 721. The van der Waals surface area contributed by atoms with E-state index < -0.39 is 0 Å². The molecule has 4 rings (SSSR count). The number of carbonyl (C=O) groups excluding carboxylic acids is 2. The molecule has 2 aliphatic heterocycles. The number of hydrogen-bond acceptors (Lipinski definition) is 3. The molecule has 0 bridgehead atoms. The van der Waals surface area contributed by atoms with Crippen LogP contribution in [0.1, 0.15) is 62.8 Å². The van der Waals surface area contributed by atoms with Gasteiger partial charge < -0.3 is 20.3 Å². The van der Waals surface area contributed by atoms with Crippen LogP contribution in [0, 0.1) is 0 Å². The first-order valence-corrected chi connectivity index (χ1v) is 10.6. The van der Waals surface area contributed by atoms with E-state index in [0.717, 1.165) is 43.4 Å². The molecule has 1 aliphatic carbocycles. The summed E-state index contributed by atoms with van der Waals surface area (Å²) in [6.07, 6.45) is 7.56. The molecule has 1 spiro atoms. The molecule has 2 fully saturated rings. The fourth-order valence-corrected chi connectivity index (χ4v) is 5.01. The second-order valence-electron chi connectivity index (χ2n) is 8.52. The van der Waals surface area contributed by atoms with Crippen LogP contribution >= 0.6 is 0 Å². The Labute approximate surface area is 167 Å². The Hall–Kier alpha value is -2.24. The van der Waals surface area contributed by atoms with Gasteiger partial charge >= 0.3 is 6.03 Å². The molecule has 1 saturated carbocycles. The monoisotopic (exact) mass is 385 g/mol. The zero-order chi connectivity index (χ0) is 19.6. The number of carbonyl (C=O) groups is 2. The fourth-order valence-electron chi connectivity index (χ4n) is 5.01. The first-order valence-electron chi connectivity index (χ1n) is 10.6. The normalized spacial score (nSPS) is 23.8. The zero-order valence-corrected chi connectivity index (χ0v) is 16.7. The third-order valence-corrected chi connectivity index (χ3v) is 6.66. The number of hydrogen-bond donors (Lipinski definition) is 2. The van der Waals surface area contributed by atoms with Crippen LogP contribution < -0.4 is 15.4 Å². The first kappa shape index (κ1) is 19.1. The smallest absolute Gasteiger partial charge is 0.317 e. The van der Waals surface area contributed by atoms with E-state index in [9.17, 15) is 9.59 Å². The van der Waals surface area contributed by atoms with E-state index >= 15 is 0 Å². The number of fused-ring (bicyclic) bond motifs is 1. The van der Waals surface area contributed by atoms with Crippen LogP contribution in [0.5, 0.6) is 5.75 Å². The predicted molar refractivity (Wildman–Crippen MR) is 107 cm³/mol. The highest BCUT2D eigenvalue weighted by atomic mass is 16.5. The molecule has 6 heteroatoms. The summed E-state index contributed by atoms with van der Waals surface area (Å²) in [7, 11) is 1.69. The van der Waals surface area contributed by atoms with Crippen LogP contribution in [0.3, 0.4) is 0 Å². The number of urea groups is 1. The first-order chi connectivity index (χ1) is 13.6. The van der Waals surface area contributed by atoms with Crippen molar-refractivity contribution in [3.8, 4) is 5.75 Å². The van der Waals surface area contributed by atoms with Crippen molar-refractivity contribution in [2.45, 2.75) is 68.9 Å². The van der Waals surface area contributed by atoms with E-state index in [1.165, 1.54) is 12.8 Å². The predicted octanol–water partition coefficient (Wildman–Crippen LogP) is 3.18. The van der Waals surface area contributed by atoms with Crippen LogP contribution in [0.15, 0.2) is 24.3 Å². The van der Waals surface area contributed by atoms with E-state index in [1.54, 1.807) is 7.05 Å². The second-order valence-corrected chi connectivity index (χ2v) is 8.52. The minimum Gasteiger partial charge on any atom is -0.487 e. The summed E-state index contributed by atoms with van der Waals surface area (Å²) >= 11 is 0. The van der Waals surface area contributed by atoms with Gasteiger partial charge in [-0.2, -0.15) is 0 Å². The Morgan fingerprint density at radius 3 is 2.61 bits per heavy atom. The fraction of sp³-hybridized carbons (Fsp3) is 0.636. The van der Waals surface area contributed by atoms with E-state index in [-0.39, 0.29) is 23.5 Å². The average molecular weight is 386 g/mol. The summed E-state index contributed by atoms with van der Waals surface area (Å²) in [5.74, 6) is 1.11. The number of benzene rings is 1. The molecule has 2 N–H and O–H groups in total. The minimum atomic E-state index is -0.281. The molecule has 0 radical (unpaired) electrons. The van der Waals surface area contributed by atoms with Gasteiger partial charge in [-0.15, -0.1) is 0 Å². The molecule has 28 heavy (non-hydrogen) atoms. The van der Waals surface area contributed by atoms with E-state index in [1.807, 2.05) is 23.1 Å². The van der Waals surface area contributed by atoms with Gasteiger partial charge in [0.25, 0.3) is 0 Å². The maximum absolute atomic E-state index is 12.6. The maximum atomic E-state index is 12.6. The largest absolute Gasteiger partial charge is 0.487 e. The molecule has 152 valence electrons. The molecular weight excluding hydrogens is 354 g/mol. The van der Waals surface area contributed by atoms with Crippen molar-refractivity contribution in [3.05, 3.63) is 29.8 Å². The Morgan fingerprint density at radius 2 is 1.89 bits per heavy atom. The van der Waals surface area contributed by atoms with Crippen molar-refractivity contribution >= 4 is 11.9 Å². The molecule has 1 saturated heterocycles. The summed E-state index contributed by atoms with van der Waals surface area (Å²) in [5, 5.41) is 5.94. The second kappa shape index (κ2) is 8.02. The van der Waals surface area contributed by atoms with E-state index in [2.05, 4.69) is 16.7 Å². The lowest BCUT2D eigenvalue weighted by atomic mass is 9.76. The lowest BCUT2D eigenvalue weighted by molar-refractivity contribution is -0.121. The molecule has 3 aliphatic rings. The van der Waals surface area contributed by atoms with Crippen LogP contribution in [-0.2, 0) is 4.79 Å². The highest BCUT2D eigenvalue weighted by Crippen LogP contribution is 2.46. The van der Waals surface area contributed by atoms with Crippen molar-refractivity contribution in [3.63, 3.8) is 0 Å². The number of piperidine rings is 1. The summed E-state index contributed by atoms with van der Waals surface area (Å²) in [5.41, 5.74) is 0.843. The maximum Gasteiger partial charge on any atom is 0.317 e. The Morgan fingerprint density at radius 1 is 1.18 bits per heavy atom. The standard InChI is InChI=1S/C22H31N3O3/c1-23-20(26)14-16-15-22(28-19-9-5-4-8-18(16)19)10-12-25(13-11-22)21(27)24-17-6-2-3-7-17/h4-5,8-9,16-17H,2-3,6-7,10-15H2,1H3,(H,23,26)(H,24,27)/t16-/m1/s1. The van der Waals surface area contributed by atoms with E-state index in [0.29, 0.717) is 25.6 Å². The Kier molecular flexibility index (Phi) is 5.47. The topological polar surface area (TPSA) is 70.7 Å². The number of amides is 3. The Balaban J connectivity index is 1.42. The van der Waals surface area contributed by atoms with Crippen molar-refractivity contribution in [2.75, 3.05) is 20.1 Å². The van der Waals surface area contributed by atoms with Crippen molar-refractivity contribution in [1.29, 1.82) is 0 Å². The summed E-state index contributed by atoms with van der Waals surface area (Å²) in [6, 6.07) is 8.48. The van der Waals surface area contributed by atoms with Crippen molar-refractivity contribution in [1.82, 2.24) is 15.5 Å². The number of ether oxygens (including phenoxy) is 1. The van der Waals surface area contributed by atoms with Gasteiger partial charge in [0.1, 0.15) is 11.4 Å². The highest BCUT2D eigenvalue weighted by Gasteiger charge is 2.44. The number of rotatable bonds is 3. The SMILES string of the molecule is CNC(=O)C[C@@H]1CC2(CCN(C(=O)NC3CCCC3)CC2)Oc2ccccc21. The molecule has 0 unspecified atom stereocenters. The van der Waals surface area contributed by atoms with Gasteiger partial charge in [-0.25, -0.2) is 4.79 Å². The molecule has 0 aromatic heterocycles. The van der Waals surface area contributed by atoms with Crippen LogP contribution in [0.4, 0.5) is 4.79 Å². The molecule has 3 amide bonds. The number of para-hydroxylation sites is 1. The molecule has 2 heterocycles. The molecule has 1 atom stereocenters. The molecule has 1 aromatic rings. The van der Waals surface area contributed by atoms with E-state index in [4.69, 9.17) is 4.74 Å². The van der Waals surface area contributed by atoms with Crippen molar-refractivity contribution < 1.29 is 14.3 Å². The highest BCUT2D eigenvalue weighted by molar-refractivity contribution is 5.77. The molecular formula is C22H31N3O3. The van der Waals surface area contributed by atoms with Gasteiger partial charge in [-0.3, -0.25) is 4.79 Å². The van der Waals surface area contributed by atoms with Crippen LogP contribution in [0.25, 0.3) is 0 Å².